The van der Waals surface area contributed by atoms with Gasteiger partial charge in [-0.25, -0.2) is 0 Å². The molecule has 82 valence electrons. The zero-order valence-electron chi connectivity index (χ0n) is 8.57. The minimum atomic E-state index is -0.699. The van der Waals surface area contributed by atoms with Gasteiger partial charge in [-0.1, -0.05) is 6.92 Å². The molecule has 1 N–H and O–H groups in total. The second-order valence-electron chi connectivity index (χ2n) is 3.71. The monoisotopic (exact) mass is 218 g/mol. The molecular weight excluding hydrogens is 200 g/mol. The van der Waals surface area contributed by atoms with Crippen LogP contribution in [0.1, 0.15) is 32.6 Å². The maximum atomic E-state index is 10.3. The molecule has 2 atom stereocenters. The van der Waals surface area contributed by atoms with Crippen LogP contribution in [-0.2, 0) is 9.53 Å². The van der Waals surface area contributed by atoms with Crippen molar-refractivity contribution in [1.82, 2.24) is 0 Å². The van der Waals surface area contributed by atoms with Crippen molar-refractivity contribution in [2.45, 2.75) is 44.0 Å². The number of hydrogen-bond donors (Lipinski definition) is 1. The Balaban J connectivity index is 2.02. The van der Waals surface area contributed by atoms with Crippen LogP contribution in [0.4, 0.5) is 0 Å². The van der Waals surface area contributed by atoms with Gasteiger partial charge in [0.05, 0.1) is 6.10 Å². The normalized spacial score (nSPS) is 23.6. The van der Waals surface area contributed by atoms with Crippen LogP contribution in [0.25, 0.3) is 0 Å². The Morgan fingerprint density at radius 1 is 1.71 bits per heavy atom. The molecule has 1 rings (SSSR count). The summed E-state index contributed by atoms with van der Waals surface area (Å²) in [4.78, 5) is 10.3. The molecular formula is C10H18O3S. The highest BCUT2D eigenvalue weighted by Gasteiger charge is 2.16. The molecule has 3 nitrogen and oxygen atoms in total. The lowest BCUT2D eigenvalue weighted by Crippen LogP contribution is -2.11. The first-order valence-corrected chi connectivity index (χ1v) is 6.18. The Labute approximate surface area is 89.2 Å². The molecule has 1 heterocycles. The molecule has 0 aromatic heterocycles. The molecule has 0 aromatic carbocycles. The fourth-order valence-electron chi connectivity index (χ4n) is 1.46. The fraction of sp³-hybridized carbons (Fsp3) is 0.900. The molecule has 0 aromatic rings. The van der Waals surface area contributed by atoms with Crippen molar-refractivity contribution in [3.8, 4) is 0 Å². The highest BCUT2D eigenvalue weighted by Crippen LogP contribution is 2.22. The van der Waals surface area contributed by atoms with Gasteiger partial charge >= 0.3 is 5.97 Å². The van der Waals surface area contributed by atoms with E-state index in [1.807, 2.05) is 11.8 Å². The summed E-state index contributed by atoms with van der Waals surface area (Å²) in [6.45, 7) is 2.98. The van der Waals surface area contributed by atoms with E-state index in [2.05, 4.69) is 6.92 Å². The predicted molar refractivity (Wildman–Crippen MR) is 57.8 cm³/mol. The first-order chi connectivity index (χ1) is 6.68. The second kappa shape index (κ2) is 6.30. The van der Waals surface area contributed by atoms with E-state index in [-0.39, 0.29) is 6.42 Å². The van der Waals surface area contributed by atoms with Gasteiger partial charge in [-0.05, 0) is 19.3 Å². The second-order valence-corrected chi connectivity index (χ2v) is 5.18. The Kier molecular flexibility index (Phi) is 5.33. The molecule has 0 bridgehead atoms. The van der Waals surface area contributed by atoms with E-state index in [4.69, 9.17) is 9.84 Å². The van der Waals surface area contributed by atoms with Gasteiger partial charge in [-0.15, -0.1) is 0 Å². The van der Waals surface area contributed by atoms with Gasteiger partial charge in [0.25, 0.3) is 0 Å². The zero-order chi connectivity index (χ0) is 10.4. The zero-order valence-corrected chi connectivity index (χ0v) is 9.39. The summed E-state index contributed by atoms with van der Waals surface area (Å²) in [5.74, 6) is 0.315. The third-order valence-electron chi connectivity index (χ3n) is 2.36. The smallest absolute Gasteiger partial charge is 0.303 e. The van der Waals surface area contributed by atoms with Gasteiger partial charge in [-0.3, -0.25) is 4.79 Å². The van der Waals surface area contributed by atoms with Crippen molar-refractivity contribution in [3.63, 3.8) is 0 Å². The number of aliphatic carboxylic acids is 1. The molecule has 0 radical (unpaired) electrons. The van der Waals surface area contributed by atoms with Gasteiger partial charge < -0.3 is 9.84 Å². The molecule has 4 heteroatoms. The summed E-state index contributed by atoms with van der Waals surface area (Å²) >= 11 is 1.83. The Bertz CT molecular complexity index is 178. The topological polar surface area (TPSA) is 46.5 Å². The van der Waals surface area contributed by atoms with Crippen molar-refractivity contribution >= 4 is 17.7 Å². The minimum Gasteiger partial charge on any atom is -0.481 e. The van der Waals surface area contributed by atoms with Gasteiger partial charge in [-0.2, -0.15) is 11.8 Å². The summed E-state index contributed by atoms with van der Waals surface area (Å²) in [6.07, 6.45) is 3.78. The maximum absolute atomic E-state index is 10.3. The lowest BCUT2D eigenvalue weighted by atomic mass is 10.2. The number of carbonyl (C=O) groups is 1. The first kappa shape index (κ1) is 11.9. The lowest BCUT2D eigenvalue weighted by molar-refractivity contribution is -0.137. The average molecular weight is 218 g/mol. The maximum Gasteiger partial charge on any atom is 0.303 e. The number of ether oxygens (including phenoxy) is 1. The van der Waals surface area contributed by atoms with Crippen LogP contribution in [0.5, 0.6) is 0 Å². The van der Waals surface area contributed by atoms with E-state index >= 15 is 0 Å². The Morgan fingerprint density at radius 3 is 3.07 bits per heavy atom. The van der Waals surface area contributed by atoms with Gasteiger partial charge in [0, 0.05) is 24.0 Å². The van der Waals surface area contributed by atoms with E-state index in [1.54, 1.807) is 0 Å². The van der Waals surface area contributed by atoms with E-state index in [1.165, 1.54) is 12.8 Å². The van der Waals surface area contributed by atoms with Crippen molar-refractivity contribution in [2.75, 3.05) is 12.4 Å². The van der Waals surface area contributed by atoms with E-state index < -0.39 is 5.97 Å². The minimum absolute atomic E-state index is 0.277. The van der Waals surface area contributed by atoms with E-state index in [0.717, 1.165) is 18.8 Å². The van der Waals surface area contributed by atoms with Crippen LogP contribution in [0.2, 0.25) is 0 Å². The standard InChI is InChI=1S/C10H18O3S/c1-8(4-5-10(11)12)14-7-9-3-2-6-13-9/h8-9H,2-7H2,1H3,(H,11,12). The molecule has 14 heavy (non-hydrogen) atoms. The van der Waals surface area contributed by atoms with Crippen LogP contribution in [-0.4, -0.2) is 34.8 Å². The summed E-state index contributed by atoms with van der Waals surface area (Å²) in [6, 6.07) is 0. The molecule has 1 saturated heterocycles. The quantitative estimate of drug-likeness (QED) is 0.742. The van der Waals surface area contributed by atoms with Crippen molar-refractivity contribution in [2.24, 2.45) is 0 Å². The molecule has 2 unspecified atom stereocenters. The number of thioether (sulfide) groups is 1. The van der Waals surface area contributed by atoms with Gasteiger partial charge in [0.1, 0.15) is 0 Å². The molecule has 0 saturated carbocycles. The van der Waals surface area contributed by atoms with E-state index in [0.29, 0.717) is 11.4 Å². The van der Waals surface area contributed by atoms with Gasteiger partial charge in [0.15, 0.2) is 0 Å². The Morgan fingerprint density at radius 2 is 2.50 bits per heavy atom. The van der Waals surface area contributed by atoms with Crippen LogP contribution in [0, 0.1) is 0 Å². The summed E-state index contributed by atoms with van der Waals surface area (Å²) in [7, 11) is 0. The summed E-state index contributed by atoms with van der Waals surface area (Å²) in [5.41, 5.74) is 0. The van der Waals surface area contributed by atoms with Crippen LogP contribution in [0.3, 0.4) is 0 Å². The predicted octanol–water partition coefficient (Wildman–Crippen LogP) is 2.15. The molecule has 0 spiro atoms. The van der Waals surface area contributed by atoms with Gasteiger partial charge in [0.2, 0.25) is 0 Å². The summed E-state index contributed by atoms with van der Waals surface area (Å²) in [5, 5.41) is 8.93. The fourth-order valence-corrected chi connectivity index (χ4v) is 2.55. The number of carboxylic acids is 1. The van der Waals surface area contributed by atoms with Crippen molar-refractivity contribution in [3.05, 3.63) is 0 Å². The van der Waals surface area contributed by atoms with Crippen molar-refractivity contribution < 1.29 is 14.6 Å². The molecule has 0 amide bonds. The molecule has 1 aliphatic heterocycles. The molecule has 0 aliphatic carbocycles. The SMILES string of the molecule is CC(CCC(=O)O)SCC1CCCO1. The van der Waals surface area contributed by atoms with Crippen LogP contribution < -0.4 is 0 Å². The first-order valence-electron chi connectivity index (χ1n) is 5.13. The van der Waals surface area contributed by atoms with Crippen molar-refractivity contribution in [1.29, 1.82) is 0 Å². The number of rotatable bonds is 6. The van der Waals surface area contributed by atoms with E-state index in [9.17, 15) is 4.79 Å². The largest absolute Gasteiger partial charge is 0.481 e. The highest BCUT2D eigenvalue weighted by molar-refractivity contribution is 7.99. The molecule has 1 fully saturated rings. The third-order valence-corrected chi connectivity index (χ3v) is 3.72. The number of carboxylic acid groups (broad SMARTS) is 1. The van der Waals surface area contributed by atoms with Crippen LogP contribution >= 0.6 is 11.8 Å². The van der Waals surface area contributed by atoms with Crippen LogP contribution in [0.15, 0.2) is 0 Å². The number of hydrogen-bond acceptors (Lipinski definition) is 3. The average Bonchev–Trinajstić information content (AvgIpc) is 2.63. The molecule has 1 aliphatic rings. The third kappa shape index (κ3) is 4.86. The summed E-state index contributed by atoms with van der Waals surface area (Å²) < 4.78 is 5.49. The Hall–Kier alpha value is -0.220. The lowest BCUT2D eigenvalue weighted by Gasteiger charge is -2.13. The highest BCUT2D eigenvalue weighted by atomic mass is 32.2.